The van der Waals surface area contributed by atoms with Crippen LogP contribution in [0.25, 0.3) is 0 Å². The van der Waals surface area contributed by atoms with Crippen molar-refractivity contribution < 1.29 is 0 Å². The van der Waals surface area contributed by atoms with Crippen LogP contribution in [0.4, 0.5) is 0 Å². The highest BCUT2D eigenvalue weighted by Crippen LogP contribution is 2.55. The Hall–Kier alpha value is -0.390. The van der Waals surface area contributed by atoms with Gasteiger partial charge in [0.1, 0.15) is 0 Å². The van der Waals surface area contributed by atoms with Crippen molar-refractivity contribution in [3.05, 3.63) is 29.8 Å². The lowest BCUT2D eigenvalue weighted by Gasteiger charge is -2.29. The lowest BCUT2D eigenvalue weighted by Crippen LogP contribution is -2.24. The third-order valence-electron chi connectivity index (χ3n) is 4.39. The average Bonchev–Trinajstić information content (AvgIpc) is 2.68. The third kappa shape index (κ3) is 2.63. The molecule has 1 aliphatic heterocycles. The van der Waals surface area contributed by atoms with Crippen LogP contribution in [-0.2, 0) is 0 Å². The molecule has 1 aromatic carbocycles. The summed E-state index contributed by atoms with van der Waals surface area (Å²) in [5, 5.41) is 1.66. The van der Waals surface area contributed by atoms with Crippen molar-refractivity contribution in [1.29, 1.82) is 0 Å². The quantitative estimate of drug-likeness (QED) is 0.745. The number of nitrogens with zero attached hydrogens (tertiary/aromatic N) is 1. The normalized spacial score (nSPS) is 26.8. The fourth-order valence-electron chi connectivity index (χ4n) is 3.02. The Morgan fingerprint density at radius 1 is 1.11 bits per heavy atom. The topological polar surface area (TPSA) is 3.24 Å². The van der Waals surface area contributed by atoms with Crippen LogP contribution < -0.4 is 5.30 Å². The Morgan fingerprint density at radius 2 is 1.67 bits per heavy atom. The molecule has 1 fully saturated rings. The van der Waals surface area contributed by atoms with Gasteiger partial charge in [0.2, 0.25) is 0 Å². The van der Waals surface area contributed by atoms with Gasteiger partial charge in [-0.2, -0.15) is 0 Å². The second kappa shape index (κ2) is 5.72. The first kappa shape index (κ1) is 14.0. The first-order valence-electron chi connectivity index (χ1n) is 7.06. The number of hydrogen-bond donors (Lipinski definition) is 0. The second-order valence-electron chi connectivity index (χ2n) is 5.88. The van der Waals surface area contributed by atoms with Gasteiger partial charge in [-0.1, -0.05) is 46.0 Å². The summed E-state index contributed by atoms with van der Waals surface area (Å²) in [6, 6.07) is 9.66. The van der Waals surface area contributed by atoms with Gasteiger partial charge in [-0.15, -0.1) is 0 Å². The van der Waals surface area contributed by atoms with Crippen molar-refractivity contribution in [3.63, 3.8) is 0 Å². The average molecular weight is 263 g/mol. The van der Waals surface area contributed by atoms with E-state index in [4.69, 9.17) is 0 Å². The van der Waals surface area contributed by atoms with Gasteiger partial charge in [0.05, 0.1) is 0 Å². The molecular weight excluding hydrogens is 237 g/mol. The van der Waals surface area contributed by atoms with Gasteiger partial charge in [0, 0.05) is 6.04 Å². The molecule has 0 unspecified atom stereocenters. The predicted octanol–water partition coefficient (Wildman–Crippen LogP) is 3.99. The molecule has 0 aromatic heterocycles. The number of hydrogen-bond acceptors (Lipinski definition) is 1. The molecule has 18 heavy (non-hydrogen) atoms. The van der Waals surface area contributed by atoms with Gasteiger partial charge in [0.15, 0.2) is 0 Å². The fourth-order valence-corrected chi connectivity index (χ4v) is 6.51. The van der Waals surface area contributed by atoms with Crippen molar-refractivity contribution in [1.82, 2.24) is 4.90 Å². The van der Waals surface area contributed by atoms with E-state index in [1.165, 1.54) is 12.8 Å². The van der Waals surface area contributed by atoms with E-state index in [1.807, 2.05) is 0 Å². The monoisotopic (exact) mass is 263 g/mol. The van der Waals surface area contributed by atoms with Gasteiger partial charge >= 0.3 is 0 Å². The highest BCUT2D eigenvalue weighted by molar-refractivity contribution is 7.67. The maximum atomic E-state index is 2.45. The molecular formula is C16H26NP. The largest absolute Gasteiger partial charge is 0.303 e. The van der Waals surface area contributed by atoms with Crippen LogP contribution in [0.15, 0.2) is 24.3 Å². The minimum Gasteiger partial charge on any atom is -0.303 e. The van der Waals surface area contributed by atoms with Crippen molar-refractivity contribution in [3.8, 4) is 0 Å². The molecule has 1 saturated heterocycles. The molecule has 2 rings (SSSR count). The minimum atomic E-state index is 0.0327. The highest BCUT2D eigenvalue weighted by Gasteiger charge is 2.32. The molecule has 1 nitrogen and oxygen atoms in total. The molecule has 0 saturated carbocycles. The molecule has 0 bridgehead atoms. The van der Waals surface area contributed by atoms with Crippen LogP contribution in [-0.4, -0.2) is 30.3 Å². The fraction of sp³-hybridized carbons (Fsp3) is 0.625. The number of benzene rings is 1. The molecule has 2 heteroatoms. The summed E-state index contributed by atoms with van der Waals surface area (Å²) in [4.78, 5) is 2.32. The molecule has 1 heterocycles. The standard InChI is InChI=1S/C16H26NP/c1-12-10-11-13(2)18(12)16-9-7-6-8-15(16)14(3)17(4)5/h6-9,12-14H,10-11H2,1-5H3/t12-,13-,14+/m1/s1. The van der Waals surface area contributed by atoms with Crippen molar-refractivity contribution in [2.24, 2.45) is 0 Å². The predicted molar refractivity (Wildman–Crippen MR) is 83.3 cm³/mol. The van der Waals surface area contributed by atoms with Crippen LogP contribution in [0.1, 0.15) is 45.2 Å². The van der Waals surface area contributed by atoms with Crippen LogP contribution in [0.3, 0.4) is 0 Å². The van der Waals surface area contributed by atoms with E-state index in [9.17, 15) is 0 Å². The first-order chi connectivity index (χ1) is 8.52. The highest BCUT2D eigenvalue weighted by atomic mass is 31.1. The molecule has 0 N–H and O–H groups in total. The molecule has 3 atom stereocenters. The van der Waals surface area contributed by atoms with Crippen LogP contribution in [0.5, 0.6) is 0 Å². The zero-order valence-electron chi connectivity index (χ0n) is 12.4. The van der Waals surface area contributed by atoms with Gasteiger partial charge < -0.3 is 4.90 Å². The summed E-state index contributed by atoms with van der Waals surface area (Å²) in [7, 11) is 4.39. The Bertz CT molecular complexity index is 392. The minimum absolute atomic E-state index is 0.0327. The van der Waals surface area contributed by atoms with Crippen LogP contribution in [0, 0.1) is 0 Å². The van der Waals surface area contributed by atoms with E-state index in [-0.39, 0.29) is 7.92 Å². The summed E-state index contributed by atoms with van der Waals surface area (Å²) in [6.45, 7) is 7.22. The molecule has 1 aromatic rings. The van der Waals surface area contributed by atoms with Crippen molar-refractivity contribution in [2.75, 3.05) is 14.1 Å². The molecule has 0 aliphatic carbocycles. The molecule has 100 valence electrons. The van der Waals surface area contributed by atoms with Gasteiger partial charge in [-0.3, -0.25) is 0 Å². The Morgan fingerprint density at radius 3 is 2.22 bits per heavy atom. The van der Waals surface area contributed by atoms with E-state index >= 15 is 0 Å². The third-order valence-corrected chi connectivity index (χ3v) is 7.77. The Labute approximate surface area is 113 Å². The van der Waals surface area contributed by atoms with E-state index in [0.29, 0.717) is 6.04 Å². The SMILES string of the molecule is C[C@@H]1CC[C@@H](C)P1c1ccccc1[C@H](C)N(C)C. The summed E-state index contributed by atoms with van der Waals surface area (Å²) in [6.07, 6.45) is 2.83. The molecule has 0 amide bonds. The Balaban J connectivity index is 2.38. The second-order valence-corrected chi connectivity index (χ2v) is 8.94. The van der Waals surface area contributed by atoms with E-state index in [0.717, 1.165) is 11.3 Å². The lowest BCUT2D eigenvalue weighted by atomic mass is 10.1. The van der Waals surface area contributed by atoms with Gasteiger partial charge in [0.25, 0.3) is 0 Å². The van der Waals surface area contributed by atoms with Crippen LogP contribution in [0.2, 0.25) is 0 Å². The molecule has 0 spiro atoms. The zero-order chi connectivity index (χ0) is 13.3. The molecule has 1 aliphatic rings. The summed E-state index contributed by atoms with van der Waals surface area (Å²) in [5.41, 5.74) is 3.34. The maximum Gasteiger partial charge on any atom is 0.0320 e. The Kier molecular flexibility index (Phi) is 4.45. The van der Waals surface area contributed by atoms with E-state index in [2.05, 4.69) is 64.0 Å². The smallest absolute Gasteiger partial charge is 0.0320 e. The van der Waals surface area contributed by atoms with Crippen molar-refractivity contribution >= 4 is 13.2 Å². The summed E-state index contributed by atoms with van der Waals surface area (Å²) < 4.78 is 0. The molecule has 0 radical (unpaired) electrons. The lowest BCUT2D eigenvalue weighted by molar-refractivity contribution is 0.322. The van der Waals surface area contributed by atoms with Crippen molar-refractivity contribution in [2.45, 2.75) is 51.0 Å². The summed E-state index contributed by atoms with van der Waals surface area (Å²) in [5.74, 6) is 0. The maximum absolute atomic E-state index is 2.45. The summed E-state index contributed by atoms with van der Waals surface area (Å²) >= 11 is 0. The van der Waals surface area contributed by atoms with Gasteiger partial charge in [-0.25, -0.2) is 0 Å². The van der Waals surface area contributed by atoms with Crippen LogP contribution >= 0.6 is 7.92 Å². The first-order valence-corrected chi connectivity index (χ1v) is 8.54. The number of rotatable bonds is 3. The zero-order valence-corrected chi connectivity index (χ0v) is 13.2. The van der Waals surface area contributed by atoms with E-state index in [1.54, 1.807) is 10.9 Å². The van der Waals surface area contributed by atoms with Gasteiger partial charge in [-0.05, 0) is 56.0 Å². The van der Waals surface area contributed by atoms with E-state index < -0.39 is 0 Å².